The van der Waals surface area contributed by atoms with Gasteiger partial charge in [0.25, 0.3) is 0 Å². The summed E-state index contributed by atoms with van der Waals surface area (Å²) in [5.74, 6) is 0.268. The van der Waals surface area contributed by atoms with Gasteiger partial charge in [-0.25, -0.2) is 0 Å². The normalized spacial score (nSPS) is 16.5. The first-order valence-electron chi connectivity index (χ1n) is 5.98. The Hall–Kier alpha value is -1.89. The number of hydrogen-bond acceptors (Lipinski definition) is 1. The maximum absolute atomic E-state index is 12.5. The molecule has 2 aromatic rings. The molecule has 0 bridgehead atoms. The van der Waals surface area contributed by atoms with E-state index in [0.717, 1.165) is 24.0 Å². The van der Waals surface area contributed by atoms with Crippen LogP contribution < -0.4 is 0 Å². The Morgan fingerprint density at radius 2 is 1.35 bits per heavy atom. The Morgan fingerprint density at radius 3 is 1.88 bits per heavy atom. The van der Waals surface area contributed by atoms with Crippen molar-refractivity contribution >= 4 is 5.78 Å². The standard InChI is InChI=1S/C16H14O/c17-15(13-7-3-1-4-8-13)16(11-12-16)14-9-5-2-6-10-14/h1-10H,11-12H2. The Kier molecular flexibility index (Phi) is 2.32. The third-order valence-electron chi connectivity index (χ3n) is 3.55. The minimum absolute atomic E-state index is 0.234. The average Bonchev–Trinajstić information content (AvgIpc) is 3.21. The van der Waals surface area contributed by atoms with Gasteiger partial charge in [-0.15, -0.1) is 0 Å². The summed E-state index contributed by atoms with van der Waals surface area (Å²) in [7, 11) is 0. The summed E-state index contributed by atoms with van der Waals surface area (Å²) in [6, 6.07) is 19.7. The Labute approximate surface area is 101 Å². The van der Waals surface area contributed by atoms with E-state index < -0.39 is 0 Å². The monoisotopic (exact) mass is 222 g/mol. The van der Waals surface area contributed by atoms with Gasteiger partial charge in [0.15, 0.2) is 5.78 Å². The van der Waals surface area contributed by atoms with Crippen LogP contribution in [0.4, 0.5) is 0 Å². The fraction of sp³-hybridized carbons (Fsp3) is 0.188. The van der Waals surface area contributed by atoms with E-state index in [1.54, 1.807) is 0 Å². The molecular weight excluding hydrogens is 208 g/mol. The Bertz CT molecular complexity index is 524. The molecule has 0 atom stereocenters. The van der Waals surface area contributed by atoms with Crippen LogP contribution in [-0.2, 0) is 5.41 Å². The quantitative estimate of drug-likeness (QED) is 0.725. The van der Waals surface area contributed by atoms with Crippen molar-refractivity contribution in [2.24, 2.45) is 0 Å². The second-order valence-electron chi connectivity index (χ2n) is 4.64. The summed E-state index contributed by atoms with van der Waals surface area (Å²) in [4.78, 5) is 12.5. The second kappa shape index (κ2) is 3.85. The van der Waals surface area contributed by atoms with Crippen LogP contribution in [0, 0.1) is 0 Å². The molecule has 0 amide bonds. The van der Waals surface area contributed by atoms with Gasteiger partial charge in [-0.05, 0) is 18.4 Å². The van der Waals surface area contributed by atoms with Crippen molar-refractivity contribution in [3.63, 3.8) is 0 Å². The maximum atomic E-state index is 12.5. The van der Waals surface area contributed by atoms with Gasteiger partial charge in [0, 0.05) is 5.56 Å². The van der Waals surface area contributed by atoms with E-state index in [2.05, 4.69) is 12.1 Å². The van der Waals surface area contributed by atoms with Gasteiger partial charge in [0.1, 0.15) is 0 Å². The highest BCUT2D eigenvalue weighted by molar-refractivity contribution is 6.06. The van der Waals surface area contributed by atoms with Crippen LogP contribution in [0.3, 0.4) is 0 Å². The molecule has 84 valence electrons. The van der Waals surface area contributed by atoms with E-state index >= 15 is 0 Å². The lowest BCUT2D eigenvalue weighted by Gasteiger charge is -2.14. The van der Waals surface area contributed by atoms with Crippen LogP contribution >= 0.6 is 0 Å². The van der Waals surface area contributed by atoms with Crippen molar-refractivity contribution in [2.45, 2.75) is 18.3 Å². The number of Topliss-reactive ketones (excluding diaryl/α,β-unsaturated/α-hetero) is 1. The summed E-state index contributed by atoms with van der Waals surface area (Å²) in [5, 5.41) is 0. The Morgan fingerprint density at radius 1 is 0.824 bits per heavy atom. The van der Waals surface area contributed by atoms with Crippen LogP contribution in [0.25, 0.3) is 0 Å². The first-order chi connectivity index (χ1) is 8.33. The van der Waals surface area contributed by atoms with E-state index in [9.17, 15) is 4.79 Å². The minimum atomic E-state index is -0.234. The lowest BCUT2D eigenvalue weighted by atomic mass is 9.87. The summed E-state index contributed by atoms with van der Waals surface area (Å²) in [5.41, 5.74) is 1.76. The van der Waals surface area contributed by atoms with Gasteiger partial charge < -0.3 is 0 Å². The van der Waals surface area contributed by atoms with Crippen molar-refractivity contribution in [1.82, 2.24) is 0 Å². The molecule has 1 heteroatoms. The summed E-state index contributed by atoms with van der Waals surface area (Å²) in [6.07, 6.45) is 1.95. The number of rotatable bonds is 3. The molecule has 0 radical (unpaired) electrons. The van der Waals surface area contributed by atoms with Gasteiger partial charge in [0.05, 0.1) is 5.41 Å². The molecule has 1 aliphatic rings. The molecule has 0 unspecified atom stereocenters. The zero-order chi connectivity index (χ0) is 11.7. The van der Waals surface area contributed by atoms with E-state index in [1.165, 1.54) is 0 Å². The zero-order valence-corrected chi connectivity index (χ0v) is 9.60. The van der Waals surface area contributed by atoms with Gasteiger partial charge in [0.2, 0.25) is 0 Å². The first-order valence-corrected chi connectivity index (χ1v) is 5.98. The topological polar surface area (TPSA) is 17.1 Å². The maximum Gasteiger partial charge on any atom is 0.173 e. The van der Waals surface area contributed by atoms with Gasteiger partial charge in [-0.2, -0.15) is 0 Å². The number of ketones is 1. The highest BCUT2D eigenvalue weighted by atomic mass is 16.1. The van der Waals surface area contributed by atoms with E-state index in [1.807, 2.05) is 48.5 Å². The molecular formula is C16H14O. The molecule has 0 N–H and O–H groups in total. The first kappa shape index (κ1) is 10.3. The minimum Gasteiger partial charge on any atom is -0.293 e. The van der Waals surface area contributed by atoms with Gasteiger partial charge in [-0.1, -0.05) is 60.7 Å². The number of hydrogen-bond donors (Lipinski definition) is 0. The SMILES string of the molecule is O=C(c1ccccc1)C1(c2ccccc2)CC1. The van der Waals surface area contributed by atoms with Crippen molar-refractivity contribution in [1.29, 1.82) is 0 Å². The van der Waals surface area contributed by atoms with E-state index in [-0.39, 0.29) is 11.2 Å². The predicted molar refractivity (Wildman–Crippen MR) is 68.1 cm³/mol. The highest BCUT2D eigenvalue weighted by Gasteiger charge is 2.50. The summed E-state index contributed by atoms with van der Waals surface area (Å²) in [6.45, 7) is 0. The largest absolute Gasteiger partial charge is 0.293 e. The van der Waals surface area contributed by atoms with Crippen LogP contribution in [0.1, 0.15) is 28.8 Å². The number of benzene rings is 2. The molecule has 0 spiro atoms. The molecule has 0 heterocycles. The molecule has 0 aromatic heterocycles. The average molecular weight is 222 g/mol. The van der Waals surface area contributed by atoms with E-state index in [0.29, 0.717) is 0 Å². The van der Waals surface area contributed by atoms with E-state index in [4.69, 9.17) is 0 Å². The van der Waals surface area contributed by atoms with Crippen molar-refractivity contribution < 1.29 is 4.79 Å². The second-order valence-corrected chi connectivity index (χ2v) is 4.64. The summed E-state index contributed by atoms with van der Waals surface area (Å²) < 4.78 is 0. The van der Waals surface area contributed by atoms with Gasteiger partial charge in [-0.3, -0.25) is 4.79 Å². The molecule has 3 rings (SSSR count). The number of carbonyl (C=O) groups excluding carboxylic acids is 1. The molecule has 1 aliphatic carbocycles. The van der Waals surface area contributed by atoms with Crippen molar-refractivity contribution in [3.05, 3.63) is 71.8 Å². The molecule has 1 saturated carbocycles. The fourth-order valence-corrected chi connectivity index (χ4v) is 2.39. The van der Waals surface area contributed by atoms with Crippen LogP contribution in [0.5, 0.6) is 0 Å². The van der Waals surface area contributed by atoms with Crippen LogP contribution in [0.2, 0.25) is 0 Å². The lowest BCUT2D eigenvalue weighted by molar-refractivity contribution is 0.0946. The van der Waals surface area contributed by atoms with Crippen LogP contribution in [-0.4, -0.2) is 5.78 Å². The van der Waals surface area contributed by atoms with Crippen molar-refractivity contribution in [2.75, 3.05) is 0 Å². The smallest absolute Gasteiger partial charge is 0.173 e. The molecule has 2 aromatic carbocycles. The molecule has 0 aliphatic heterocycles. The highest BCUT2D eigenvalue weighted by Crippen LogP contribution is 2.50. The third-order valence-corrected chi connectivity index (χ3v) is 3.55. The molecule has 1 nitrogen and oxygen atoms in total. The van der Waals surface area contributed by atoms with Crippen LogP contribution in [0.15, 0.2) is 60.7 Å². The molecule has 1 fully saturated rings. The number of carbonyl (C=O) groups is 1. The predicted octanol–water partition coefficient (Wildman–Crippen LogP) is 3.60. The summed E-state index contributed by atoms with van der Waals surface area (Å²) >= 11 is 0. The third kappa shape index (κ3) is 1.68. The fourth-order valence-electron chi connectivity index (χ4n) is 2.39. The lowest BCUT2D eigenvalue weighted by Crippen LogP contribution is -2.20. The molecule has 0 saturated heterocycles. The van der Waals surface area contributed by atoms with Gasteiger partial charge >= 0.3 is 0 Å². The zero-order valence-electron chi connectivity index (χ0n) is 9.60. The Balaban J connectivity index is 1.98. The molecule has 17 heavy (non-hydrogen) atoms. The van der Waals surface area contributed by atoms with Crippen molar-refractivity contribution in [3.8, 4) is 0 Å².